The van der Waals surface area contributed by atoms with Gasteiger partial charge in [-0.15, -0.1) is 0 Å². The Morgan fingerprint density at radius 2 is 1.68 bits per heavy atom. The molecule has 1 fully saturated rings. The molecule has 1 heterocycles. The summed E-state index contributed by atoms with van der Waals surface area (Å²) in [6, 6.07) is 7.37. The standard InChI is InChI=1S/C14H20N2O6/c17-6-9-10(18)11(19)12(20)14(22)16(9)7-15-13(21)8-4-2-1-3-5-8/h1-5,9-12,14,17-20,22H,6-7H2,(H,15,21)/t9-,10-,11+,12-,14?/m1/s1. The highest BCUT2D eigenvalue weighted by Gasteiger charge is 2.46. The van der Waals surface area contributed by atoms with Crippen LogP contribution >= 0.6 is 0 Å². The Hall–Kier alpha value is -1.55. The quantitative estimate of drug-likeness (QED) is 0.360. The van der Waals surface area contributed by atoms with Gasteiger partial charge in [0.2, 0.25) is 0 Å². The zero-order valence-corrected chi connectivity index (χ0v) is 11.8. The summed E-state index contributed by atoms with van der Waals surface area (Å²) in [5.41, 5.74) is 0.413. The van der Waals surface area contributed by atoms with Crippen molar-refractivity contribution >= 4 is 5.91 Å². The van der Waals surface area contributed by atoms with Crippen molar-refractivity contribution in [3.63, 3.8) is 0 Å². The number of hydrogen-bond acceptors (Lipinski definition) is 7. The first-order valence-corrected chi connectivity index (χ1v) is 6.89. The van der Waals surface area contributed by atoms with Gasteiger partial charge in [0, 0.05) is 5.56 Å². The maximum absolute atomic E-state index is 12.0. The number of nitrogens with zero attached hydrogens (tertiary/aromatic N) is 1. The molecule has 1 aromatic rings. The van der Waals surface area contributed by atoms with Gasteiger partial charge in [-0.1, -0.05) is 18.2 Å². The second-order valence-electron chi connectivity index (χ2n) is 5.18. The van der Waals surface area contributed by atoms with Gasteiger partial charge in [-0.05, 0) is 12.1 Å². The SMILES string of the molecule is O=C(NCN1C(O)[C@H](O)[C@@H](O)[C@H](O)[C@H]1CO)c1ccccc1. The molecule has 1 saturated heterocycles. The molecule has 1 amide bonds. The van der Waals surface area contributed by atoms with Crippen LogP contribution in [0.2, 0.25) is 0 Å². The van der Waals surface area contributed by atoms with E-state index in [0.717, 1.165) is 4.90 Å². The van der Waals surface area contributed by atoms with E-state index in [0.29, 0.717) is 5.56 Å². The van der Waals surface area contributed by atoms with Gasteiger partial charge < -0.3 is 30.8 Å². The summed E-state index contributed by atoms with van der Waals surface area (Å²) in [5, 5.41) is 50.9. The lowest BCUT2D eigenvalue weighted by atomic mass is 9.93. The van der Waals surface area contributed by atoms with Gasteiger partial charge in [0.1, 0.15) is 24.5 Å². The predicted octanol–water partition coefficient (Wildman–Crippen LogP) is -2.55. The first kappa shape index (κ1) is 16.8. The van der Waals surface area contributed by atoms with Crippen molar-refractivity contribution in [2.75, 3.05) is 13.3 Å². The van der Waals surface area contributed by atoms with E-state index >= 15 is 0 Å². The van der Waals surface area contributed by atoms with Crippen molar-refractivity contribution in [2.45, 2.75) is 30.6 Å². The van der Waals surface area contributed by atoms with Crippen LogP contribution in [0, 0.1) is 0 Å². The summed E-state index contributed by atoms with van der Waals surface area (Å²) < 4.78 is 0. The van der Waals surface area contributed by atoms with Crippen molar-refractivity contribution in [3.8, 4) is 0 Å². The number of carbonyl (C=O) groups excluding carboxylic acids is 1. The summed E-state index contributed by atoms with van der Waals surface area (Å²) in [7, 11) is 0. The lowest BCUT2D eigenvalue weighted by Gasteiger charge is -2.46. The number of aliphatic hydroxyl groups is 5. The van der Waals surface area contributed by atoms with E-state index in [1.807, 2.05) is 0 Å². The molecule has 0 bridgehead atoms. The topological polar surface area (TPSA) is 133 Å². The first-order chi connectivity index (χ1) is 10.5. The fraction of sp³-hybridized carbons (Fsp3) is 0.500. The summed E-state index contributed by atoms with van der Waals surface area (Å²) in [6.45, 7) is -0.760. The molecule has 8 heteroatoms. The van der Waals surface area contributed by atoms with Gasteiger partial charge >= 0.3 is 0 Å². The van der Waals surface area contributed by atoms with Crippen molar-refractivity contribution in [2.24, 2.45) is 0 Å². The van der Waals surface area contributed by atoms with E-state index in [2.05, 4.69) is 5.32 Å². The van der Waals surface area contributed by atoms with Crippen LogP contribution in [-0.4, -0.2) is 80.2 Å². The van der Waals surface area contributed by atoms with Crippen LogP contribution in [0.15, 0.2) is 30.3 Å². The largest absolute Gasteiger partial charge is 0.395 e. The Morgan fingerprint density at radius 3 is 2.27 bits per heavy atom. The minimum Gasteiger partial charge on any atom is -0.395 e. The molecule has 8 nitrogen and oxygen atoms in total. The van der Waals surface area contributed by atoms with Crippen LogP contribution in [0.1, 0.15) is 10.4 Å². The van der Waals surface area contributed by atoms with E-state index in [-0.39, 0.29) is 6.67 Å². The fourth-order valence-corrected chi connectivity index (χ4v) is 2.47. The van der Waals surface area contributed by atoms with Crippen LogP contribution in [0.25, 0.3) is 0 Å². The van der Waals surface area contributed by atoms with Gasteiger partial charge in [-0.2, -0.15) is 0 Å². The molecule has 1 aliphatic heterocycles. The van der Waals surface area contributed by atoms with Crippen LogP contribution in [-0.2, 0) is 0 Å². The van der Waals surface area contributed by atoms with E-state index in [1.165, 1.54) is 0 Å². The van der Waals surface area contributed by atoms with Crippen molar-refractivity contribution in [3.05, 3.63) is 35.9 Å². The number of carbonyl (C=O) groups is 1. The molecule has 1 aliphatic rings. The average molecular weight is 312 g/mol. The molecule has 122 valence electrons. The number of rotatable bonds is 4. The van der Waals surface area contributed by atoms with Crippen LogP contribution < -0.4 is 5.32 Å². The second kappa shape index (κ2) is 7.14. The van der Waals surface area contributed by atoms with Gasteiger partial charge in [-0.3, -0.25) is 9.69 Å². The smallest absolute Gasteiger partial charge is 0.252 e. The number of hydrogen-bond donors (Lipinski definition) is 6. The maximum Gasteiger partial charge on any atom is 0.252 e. The first-order valence-electron chi connectivity index (χ1n) is 6.89. The molecule has 5 atom stereocenters. The normalized spacial score (nSPS) is 32.7. The number of amides is 1. The molecule has 0 radical (unpaired) electrons. The number of nitrogens with one attached hydrogen (secondary N) is 1. The van der Waals surface area contributed by atoms with Crippen molar-refractivity contribution in [1.29, 1.82) is 0 Å². The van der Waals surface area contributed by atoms with Crippen LogP contribution in [0.4, 0.5) is 0 Å². The van der Waals surface area contributed by atoms with Gasteiger partial charge in [0.05, 0.1) is 19.3 Å². The molecule has 0 spiro atoms. The fourth-order valence-electron chi connectivity index (χ4n) is 2.47. The number of piperidine rings is 1. The summed E-state index contributed by atoms with van der Waals surface area (Å²) in [6.07, 6.45) is -6.15. The Labute approximate surface area is 127 Å². The molecule has 0 aromatic heterocycles. The van der Waals surface area contributed by atoms with Crippen molar-refractivity contribution in [1.82, 2.24) is 10.2 Å². The van der Waals surface area contributed by atoms with E-state index < -0.39 is 43.1 Å². The highest BCUT2D eigenvalue weighted by molar-refractivity contribution is 5.94. The van der Waals surface area contributed by atoms with Gasteiger partial charge in [0.25, 0.3) is 5.91 Å². The van der Waals surface area contributed by atoms with Crippen LogP contribution in [0.3, 0.4) is 0 Å². The molecule has 0 aliphatic carbocycles. The molecule has 1 aromatic carbocycles. The molecule has 1 unspecified atom stereocenters. The molecule has 6 N–H and O–H groups in total. The third-order valence-corrected chi connectivity index (χ3v) is 3.81. The number of aliphatic hydroxyl groups excluding tert-OH is 5. The number of likely N-dealkylation sites (tertiary alicyclic amines) is 1. The lowest BCUT2D eigenvalue weighted by Crippen LogP contribution is -2.68. The third kappa shape index (κ3) is 3.27. The lowest BCUT2D eigenvalue weighted by molar-refractivity contribution is -0.223. The van der Waals surface area contributed by atoms with Gasteiger partial charge in [0.15, 0.2) is 0 Å². The molecule has 22 heavy (non-hydrogen) atoms. The van der Waals surface area contributed by atoms with E-state index in [4.69, 9.17) is 0 Å². The maximum atomic E-state index is 12.0. The summed E-state index contributed by atoms with van der Waals surface area (Å²) >= 11 is 0. The Bertz CT molecular complexity index is 499. The molecular formula is C14H20N2O6. The van der Waals surface area contributed by atoms with E-state index in [9.17, 15) is 30.3 Å². The zero-order chi connectivity index (χ0) is 16.3. The average Bonchev–Trinajstić information content (AvgIpc) is 2.55. The Balaban J connectivity index is 2.05. The zero-order valence-electron chi connectivity index (χ0n) is 11.8. The number of benzene rings is 1. The highest BCUT2D eigenvalue weighted by atomic mass is 16.4. The minimum atomic E-state index is -1.61. The third-order valence-electron chi connectivity index (χ3n) is 3.81. The van der Waals surface area contributed by atoms with Gasteiger partial charge in [-0.25, -0.2) is 0 Å². The monoisotopic (exact) mass is 312 g/mol. The Kier molecular flexibility index (Phi) is 5.46. The second-order valence-corrected chi connectivity index (χ2v) is 5.18. The van der Waals surface area contributed by atoms with Crippen molar-refractivity contribution < 1.29 is 30.3 Å². The highest BCUT2D eigenvalue weighted by Crippen LogP contribution is 2.22. The predicted molar refractivity (Wildman–Crippen MR) is 75.5 cm³/mol. The minimum absolute atomic E-state index is 0.207. The molecular weight excluding hydrogens is 292 g/mol. The summed E-state index contributed by atoms with van der Waals surface area (Å²) in [4.78, 5) is 13.1. The Morgan fingerprint density at radius 1 is 1.05 bits per heavy atom. The van der Waals surface area contributed by atoms with Crippen LogP contribution in [0.5, 0.6) is 0 Å². The van der Waals surface area contributed by atoms with E-state index in [1.54, 1.807) is 30.3 Å². The summed E-state index contributed by atoms with van der Waals surface area (Å²) in [5.74, 6) is -0.403. The molecule has 0 saturated carbocycles. The molecule has 2 rings (SSSR count).